The van der Waals surface area contributed by atoms with Crippen molar-refractivity contribution in [3.8, 4) is 0 Å². The number of rotatable bonds is 12. The molecule has 2 N–H and O–H groups in total. The van der Waals surface area contributed by atoms with Crippen LogP contribution in [-0.2, 0) is 27.4 Å². The Morgan fingerprint density at radius 3 is 2.21 bits per heavy atom. The first-order chi connectivity index (χ1) is 14.0. The van der Waals surface area contributed by atoms with Gasteiger partial charge >= 0.3 is 12.1 Å². The molecular weight excluding hydrogens is 390 g/mol. The Balaban J connectivity index is 1.73. The Morgan fingerprint density at radius 2 is 1.59 bits per heavy atom. The first kappa shape index (κ1) is 22.5. The molecule has 6 nitrogen and oxygen atoms in total. The van der Waals surface area contributed by atoms with Gasteiger partial charge < -0.3 is 15.2 Å². The molecule has 0 fully saturated rings. The Morgan fingerprint density at radius 1 is 0.966 bits per heavy atom. The van der Waals surface area contributed by atoms with Crippen LogP contribution in [0.5, 0.6) is 0 Å². The maximum absolute atomic E-state index is 12.4. The molecular formula is C22H25NO5S. The van der Waals surface area contributed by atoms with Crippen LogP contribution in [0.1, 0.15) is 24.0 Å². The summed E-state index contributed by atoms with van der Waals surface area (Å²) in [4.78, 5) is 35.4. The molecule has 0 radical (unpaired) electrons. The molecule has 0 saturated heterocycles. The molecule has 0 aliphatic rings. The first-order valence-electron chi connectivity index (χ1n) is 9.38. The Bertz CT molecular complexity index is 782. The third kappa shape index (κ3) is 9.30. The SMILES string of the molecule is O=C(O)C[C@H](NC(=O)OCc1ccccc1)C(=O)CSCCCc1ccccc1. The monoisotopic (exact) mass is 415 g/mol. The highest BCUT2D eigenvalue weighted by molar-refractivity contribution is 7.99. The number of ketones is 1. The highest BCUT2D eigenvalue weighted by Crippen LogP contribution is 2.10. The summed E-state index contributed by atoms with van der Waals surface area (Å²) < 4.78 is 5.08. The van der Waals surface area contributed by atoms with Crippen LogP contribution < -0.4 is 5.32 Å². The predicted octanol–water partition coefficient (Wildman–Crippen LogP) is 3.69. The molecule has 2 rings (SSSR count). The minimum Gasteiger partial charge on any atom is -0.481 e. The lowest BCUT2D eigenvalue weighted by Crippen LogP contribution is -2.43. The minimum atomic E-state index is -1.15. The molecule has 0 unspecified atom stereocenters. The number of Topliss-reactive ketones (excluding diaryl/α,β-unsaturated/α-hetero) is 1. The summed E-state index contributed by atoms with van der Waals surface area (Å²) in [6.45, 7) is 0.0505. The number of alkyl carbamates (subject to hydrolysis) is 1. The van der Waals surface area contributed by atoms with Gasteiger partial charge in [-0.1, -0.05) is 60.7 Å². The number of aliphatic carboxylic acids is 1. The van der Waals surface area contributed by atoms with Crippen molar-refractivity contribution in [2.24, 2.45) is 0 Å². The Kier molecular flexibility index (Phi) is 9.78. The number of carboxylic acid groups (broad SMARTS) is 1. The van der Waals surface area contributed by atoms with Crippen LogP contribution in [0.3, 0.4) is 0 Å². The van der Waals surface area contributed by atoms with Gasteiger partial charge in [0.25, 0.3) is 0 Å². The van der Waals surface area contributed by atoms with Crippen LogP contribution in [0.25, 0.3) is 0 Å². The largest absolute Gasteiger partial charge is 0.481 e. The maximum atomic E-state index is 12.4. The summed E-state index contributed by atoms with van der Waals surface area (Å²) in [6, 6.07) is 18.1. The molecule has 7 heteroatoms. The Hall–Kier alpha value is -2.80. The fourth-order valence-corrected chi connectivity index (χ4v) is 3.52. The van der Waals surface area contributed by atoms with Crippen LogP contribution in [-0.4, -0.2) is 40.5 Å². The van der Waals surface area contributed by atoms with E-state index in [0.717, 1.165) is 24.2 Å². The number of ether oxygens (including phenoxy) is 1. The molecule has 0 aromatic heterocycles. The van der Waals surface area contributed by atoms with Crippen molar-refractivity contribution >= 4 is 29.6 Å². The molecule has 1 amide bonds. The molecule has 0 aliphatic carbocycles. The van der Waals surface area contributed by atoms with Gasteiger partial charge in [-0.25, -0.2) is 4.79 Å². The smallest absolute Gasteiger partial charge is 0.408 e. The van der Waals surface area contributed by atoms with E-state index in [2.05, 4.69) is 17.4 Å². The van der Waals surface area contributed by atoms with Crippen LogP contribution >= 0.6 is 11.8 Å². The molecule has 0 bridgehead atoms. The number of aryl methyl sites for hydroxylation is 1. The van der Waals surface area contributed by atoms with E-state index in [0.29, 0.717) is 0 Å². The number of carbonyl (C=O) groups is 3. The maximum Gasteiger partial charge on any atom is 0.408 e. The van der Waals surface area contributed by atoms with Crippen LogP contribution in [0.15, 0.2) is 60.7 Å². The number of nitrogens with one attached hydrogen (secondary N) is 1. The van der Waals surface area contributed by atoms with Gasteiger partial charge in [-0.2, -0.15) is 11.8 Å². The average Bonchev–Trinajstić information content (AvgIpc) is 2.72. The zero-order valence-corrected chi connectivity index (χ0v) is 16.9. The average molecular weight is 416 g/mol. The van der Waals surface area contributed by atoms with E-state index in [-0.39, 0.29) is 18.1 Å². The fourth-order valence-electron chi connectivity index (χ4n) is 2.62. The lowest BCUT2D eigenvalue weighted by molar-refractivity contribution is -0.139. The number of hydrogen-bond donors (Lipinski definition) is 2. The van der Waals surface area contributed by atoms with Gasteiger partial charge in [0.15, 0.2) is 5.78 Å². The van der Waals surface area contributed by atoms with Gasteiger partial charge in [-0.15, -0.1) is 0 Å². The topological polar surface area (TPSA) is 92.7 Å². The number of hydrogen-bond acceptors (Lipinski definition) is 5. The van der Waals surface area contributed by atoms with Crippen molar-refractivity contribution in [2.75, 3.05) is 11.5 Å². The summed E-state index contributed by atoms with van der Waals surface area (Å²) in [7, 11) is 0. The molecule has 0 spiro atoms. The third-order valence-corrected chi connectivity index (χ3v) is 5.18. The molecule has 154 valence electrons. The predicted molar refractivity (Wildman–Crippen MR) is 113 cm³/mol. The Labute approximate surface area is 174 Å². The van der Waals surface area contributed by atoms with E-state index in [1.165, 1.54) is 17.3 Å². The van der Waals surface area contributed by atoms with Gasteiger partial charge in [0, 0.05) is 0 Å². The summed E-state index contributed by atoms with van der Waals surface area (Å²) >= 11 is 1.44. The van der Waals surface area contributed by atoms with Crippen molar-refractivity contribution in [1.29, 1.82) is 0 Å². The zero-order valence-electron chi connectivity index (χ0n) is 16.1. The highest BCUT2D eigenvalue weighted by Gasteiger charge is 2.24. The van der Waals surface area contributed by atoms with E-state index >= 15 is 0 Å². The van der Waals surface area contributed by atoms with E-state index in [4.69, 9.17) is 9.84 Å². The van der Waals surface area contributed by atoms with Crippen LogP contribution in [0.2, 0.25) is 0 Å². The number of carbonyl (C=O) groups excluding carboxylic acids is 2. The van der Waals surface area contributed by atoms with Gasteiger partial charge in [-0.3, -0.25) is 9.59 Å². The molecule has 2 aromatic carbocycles. The lowest BCUT2D eigenvalue weighted by Gasteiger charge is -2.16. The summed E-state index contributed by atoms with van der Waals surface area (Å²) in [5.41, 5.74) is 2.05. The van der Waals surface area contributed by atoms with Crippen molar-refractivity contribution in [3.05, 3.63) is 71.8 Å². The number of amides is 1. The fraction of sp³-hybridized carbons (Fsp3) is 0.318. The van der Waals surface area contributed by atoms with Crippen LogP contribution in [0, 0.1) is 0 Å². The number of benzene rings is 2. The normalized spacial score (nSPS) is 11.4. The zero-order chi connectivity index (χ0) is 20.9. The molecule has 0 saturated carbocycles. The number of carboxylic acids is 1. The van der Waals surface area contributed by atoms with Gasteiger partial charge in [-0.05, 0) is 29.7 Å². The molecule has 1 atom stereocenters. The molecule has 2 aromatic rings. The second-order valence-electron chi connectivity index (χ2n) is 6.46. The van der Waals surface area contributed by atoms with Gasteiger partial charge in [0.1, 0.15) is 12.6 Å². The summed E-state index contributed by atoms with van der Waals surface area (Å²) in [6.07, 6.45) is 0.564. The molecule has 0 aliphatic heterocycles. The van der Waals surface area contributed by atoms with Crippen molar-refractivity contribution < 1.29 is 24.2 Å². The van der Waals surface area contributed by atoms with Gasteiger partial charge in [0.2, 0.25) is 0 Å². The minimum absolute atomic E-state index is 0.0505. The number of thioether (sulfide) groups is 1. The second-order valence-corrected chi connectivity index (χ2v) is 7.57. The summed E-state index contributed by atoms with van der Waals surface area (Å²) in [5, 5.41) is 11.4. The first-order valence-corrected chi connectivity index (χ1v) is 10.5. The van der Waals surface area contributed by atoms with E-state index in [1.807, 2.05) is 36.4 Å². The summed E-state index contributed by atoms with van der Waals surface area (Å²) in [5.74, 6) is -0.556. The van der Waals surface area contributed by atoms with E-state index in [1.54, 1.807) is 12.1 Å². The quantitative estimate of drug-likeness (QED) is 0.514. The van der Waals surface area contributed by atoms with Crippen LogP contribution in [0.4, 0.5) is 4.79 Å². The van der Waals surface area contributed by atoms with E-state index < -0.39 is 24.5 Å². The third-order valence-electron chi connectivity index (χ3n) is 4.11. The molecule has 29 heavy (non-hydrogen) atoms. The lowest BCUT2D eigenvalue weighted by atomic mass is 10.1. The standard InChI is InChI=1S/C22H25NO5S/c24-20(16-29-13-7-12-17-8-3-1-4-9-17)19(14-21(25)26)23-22(27)28-15-18-10-5-2-6-11-18/h1-6,8-11,19H,7,12-16H2,(H,23,27)(H,25,26)/t19-/m0/s1. The van der Waals surface area contributed by atoms with Crippen molar-refractivity contribution in [2.45, 2.75) is 31.9 Å². The second kappa shape index (κ2) is 12.6. The van der Waals surface area contributed by atoms with Crippen molar-refractivity contribution in [1.82, 2.24) is 5.32 Å². The van der Waals surface area contributed by atoms with Gasteiger partial charge in [0.05, 0.1) is 12.2 Å². The molecule has 0 heterocycles. The van der Waals surface area contributed by atoms with Crippen molar-refractivity contribution in [3.63, 3.8) is 0 Å². The van der Waals surface area contributed by atoms with E-state index in [9.17, 15) is 14.4 Å². The highest BCUT2D eigenvalue weighted by atomic mass is 32.2.